The van der Waals surface area contributed by atoms with E-state index in [9.17, 15) is 14.7 Å². The number of rotatable bonds is 8. The van der Waals surface area contributed by atoms with Crippen molar-refractivity contribution in [1.82, 2.24) is 10.6 Å². The van der Waals surface area contributed by atoms with Crippen LogP contribution in [0.25, 0.3) is 0 Å². The predicted molar refractivity (Wildman–Crippen MR) is 98.0 cm³/mol. The van der Waals surface area contributed by atoms with E-state index in [4.69, 9.17) is 0 Å². The first-order chi connectivity index (χ1) is 11.8. The second-order valence-electron chi connectivity index (χ2n) is 7.56. The third-order valence-corrected chi connectivity index (χ3v) is 5.12. The number of aliphatic hydroxyl groups excluding tert-OH is 1. The van der Waals surface area contributed by atoms with E-state index >= 15 is 0 Å². The van der Waals surface area contributed by atoms with Gasteiger partial charge in [0, 0.05) is 17.4 Å². The van der Waals surface area contributed by atoms with Crippen molar-refractivity contribution in [2.24, 2.45) is 5.92 Å². The van der Waals surface area contributed by atoms with E-state index in [-0.39, 0.29) is 29.2 Å². The Balaban J connectivity index is 2.09. The molecule has 1 aliphatic carbocycles. The van der Waals surface area contributed by atoms with Gasteiger partial charge >= 0.3 is 0 Å². The Labute approximate surface area is 150 Å². The molecule has 0 aliphatic heterocycles. The molecule has 25 heavy (non-hydrogen) atoms. The summed E-state index contributed by atoms with van der Waals surface area (Å²) in [6.07, 6.45) is 1.52. The highest BCUT2D eigenvalue weighted by atomic mass is 16.3. The average Bonchev–Trinajstić information content (AvgIpc) is 3.42. The van der Waals surface area contributed by atoms with Crippen LogP contribution in [0.5, 0.6) is 0 Å². The second kappa shape index (κ2) is 8.00. The molecule has 0 heterocycles. The molecule has 1 fully saturated rings. The van der Waals surface area contributed by atoms with Gasteiger partial charge in [-0.3, -0.25) is 9.59 Å². The Hall–Kier alpha value is -1.88. The Morgan fingerprint density at radius 1 is 1.20 bits per heavy atom. The molecule has 0 saturated heterocycles. The predicted octanol–water partition coefficient (Wildman–Crippen LogP) is 2.13. The van der Waals surface area contributed by atoms with Crippen molar-refractivity contribution < 1.29 is 14.7 Å². The maximum absolute atomic E-state index is 12.7. The Kier molecular flexibility index (Phi) is 6.22. The zero-order chi connectivity index (χ0) is 18.6. The molecule has 0 bridgehead atoms. The number of carbonyl (C=O) groups excluding carboxylic acids is 2. The van der Waals surface area contributed by atoms with Crippen molar-refractivity contribution in [3.8, 4) is 0 Å². The van der Waals surface area contributed by atoms with Crippen LogP contribution in [-0.4, -0.2) is 35.1 Å². The molecule has 138 valence electrons. The lowest BCUT2D eigenvalue weighted by molar-refractivity contribution is -0.132. The topological polar surface area (TPSA) is 78.4 Å². The molecular weight excluding hydrogens is 316 g/mol. The highest BCUT2D eigenvalue weighted by Crippen LogP contribution is 2.30. The van der Waals surface area contributed by atoms with Gasteiger partial charge in [-0.1, -0.05) is 51.1 Å². The molecule has 0 spiro atoms. The molecular formula is C20H30N2O3. The van der Waals surface area contributed by atoms with Crippen molar-refractivity contribution in [2.45, 2.75) is 70.6 Å². The van der Waals surface area contributed by atoms with Gasteiger partial charge in [-0.15, -0.1) is 0 Å². The van der Waals surface area contributed by atoms with Crippen molar-refractivity contribution >= 4 is 11.8 Å². The van der Waals surface area contributed by atoms with Gasteiger partial charge in [0.1, 0.15) is 6.04 Å². The van der Waals surface area contributed by atoms with E-state index in [1.165, 1.54) is 6.92 Å². The summed E-state index contributed by atoms with van der Waals surface area (Å²) >= 11 is 0. The fourth-order valence-corrected chi connectivity index (χ4v) is 3.15. The van der Waals surface area contributed by atoms with E-state index in [1.807, 2.05) is 25.1 Å². The van der Waals surface area contributed by atoms with E-state index < -0.39 is 12.1 Å². The van der Waals surface area contributed by atoms with Crippen LogP contribution >= 0.6 is 0 Å². The third-order valence-electron chi connectivity index (χ3n) is 5.12. The van der Waals surface area contributed by atoms with Crippen molar-refractivity contribution in [1.29, 1.82) is 0 Å². The normalized spacial score (nSPS) is 18.1. The highest BCUT2D eigenvalue weighted by Gasteiger charge is 2.37. The van der Waals surface area contributed by atoms with Crippen molar-refractivity contribution in [3.63, 3.8) is 0 Å². The van der Waals surface area contributed by atoms with Gasteiger partial charge in [0.05, 0.1) is 6.10 Å². The van der Waals surface area contributed by atoms with Gasteiger partial charge in [0.2, 0.25) is 11.8 Å². The first-order valence-electron chi connectivity index (χ1n) is 9.11. The molecule has 3 N–H and O–H groups in total. The summed E-state index contributed by atoms with van der Waals surface area (Å²) in [5.41, 5.74) is 0.868. The number of hydrogen-bond donors (Lipinski definition) is 3. The summed E-state index contributed by atoms with van der Waals surface area (Å²) in [7, 11) is 0. The molecule has 0 radical (unpaired) electrons. The van der Waals surface area contributed by atoms with Crippen molar-refractivity contribution in [2.75, 3.05) is 0 Å². The summed E-state index contributed by atoms with van der Waals surface area (Å²) in [5.74, 6) is -0.479. The van der Waals surface area contributed by atoms with Crippen molar-refractivity contribution in [3.05, 3.63) is 35.9 Å². The minimum absolute atomic E-state index is 0.00298. The van der Waals surface area contributed by atoms with Gasteiger partial charge in [0.25, 0.3) is 0 Å². The number of nitrogens with one attached hydrogen (secondary N) is 2. The Morgan fingerprint density at radius 2 is 1.80 bits per heavy atom. The van der Waals surface area contributed by atoms with Gasteiger partial charge in [-0.2, -0.15) is 0 Å². The van der Waals surface area contributed by atoms with Crippen LogP contribution in [0.1, 0.15) is 52.5 Å². The fourth-order valence-electron chi connectivity index (χ4n) is 3.15. The van der Waals surface area contributed by atoms with Crippen LogP contribution in [-0.2, 0) is 15.0 Å². The number of carbonyl (C=O) groups is 2. The van der Waals surface area contributed by atoms with Gasteiger partial charge in [-0.05, 0) is 31.7 Å². The first kappa shape index (κ1) is 19.4. The zero-order valence-corrected chi connectivity index (χ0v) is 15.6. The Morgan fingerprint density at radius 3 is 2.28 bits per heavy atom. The summed E-state index contributed by atoms with van der Waals surface area (Å²) in [6.45, 7) is 7.74. The number of benzene rings is 1. The number of hydrogen-bond acceptors (Lipinski definition) is 3. The molecule has 1 saturated carbocycles. The fraction of sp³-hybridized carbons (Fsp3) is 0.600. The molecule has 0 aromatic heterocycles. The minimum atomic E-state index is -0.944. The molecule has 3 atom stereocenters. The van der Waals surface area contributed by atoms with E-state index in [2.05, 4.69) is 36.6 Å². The van der Waals surface area contributed by atoms with Gasteiger partial charge in [-0.25, -0.2) is 0 Å². The molecule has 1 aromatic carbocycles. The summed E-state index contributed by atoms with van der Waals surface area (Å²) in [4.78, 5) is 24.7. The van der Waals surface area contributed by atoms with Crippen LogP contribution in [0, 0.1) is 5.92 Å². The van der Waals surface area contributed by atoms with E-state index in [0.29, 0.717) is 0 Å². The lowest BCUT2D eigenvalue weighted by Crippen LogP contribution is -2.57. The maximum Gasteiger partial charge on any atom is 0.245 e. The molecule has 2 rings (SSSR count). The Bertz CT molecular complexity index is 594. The monoisotopic (exact) mass is 346 g/mol. The highest BCUT2D eigenvalue weighted by molar-refractivity contribution is 5.90. The maximum atomic E-state index is 12.7. The van der Waals surface area contributed by atoms with Crippen LogP contribution in [0.3, 0.4) is 0 Å². The molecule has 1 aliphatic rings. The van der Waals surface area contributed by atoms with E-state index in [0.717, 1.165) is 24.8 Å². The molecule has 1 aromatic rings. The molecule has 5 heteroatoms. The summed E-state index contributed by atoms with van der Waals surface area (Å²) in [5, 5.41) is 15.7. The van der Waals surface area contributed by atoms with Crippen LogP contribution in [0.2, 0.25) is 0 Å². The minimum Gasteiger partial charge on any atom is -0.391 e. The lowest BCUT2D eigenvalue weighted by atomic mass is 9.76. The standard InChI is InChI=1S/C20H30N2O3/c1-5-16(20(3,4)15-9-7-6-8-10-15)21-19(25)17(13(2)23)22-18(24)14-11-12-14/h6-10,13-14,16-17,23H,5,11-12H2,1-4H3,(H,21,25)(H,22,24). The van der Waals surface area contributed by atoms with Gasteiger partial charge < -0.3 is 15.7 Å². The molecule has 3 unspecified atom stereocenters. The smallest absolute Gasteiger partial charge is 0.245 e. The second-order valence-corrected chi connectivity index (χ2v) is 7.56. The first-order valence-corrected chi connectivity index (χ1v) is 9.11. The number of aliphatic hydroxyl groups is 1. The zero-order valence-electron chi connectivity index (χ0n) is 15.6. The molecule has 5 nitrogen and oxygen atoms in total. The van der Waals surface area contributed by atoms with Crippen LogP contribution < -0.4 is 10.6 Å². The largest absolute Gasteiger partial charge is 0.391 e. The van der Waals surface area contributed by atoms with E-state index in [1.54, 1.807) is 0 Å². The average molecular weight is 346 g/mol. The SMILES string of the molecule is CCC(NC(=O)C(NC(=O)C1CC1)C(C)O)C(C)(C)c1ccccc1. The quantitative estimate of drug-likeness (QED) is 0.675. The van der Waals surface area contributed by atoms with Gasteiger partial charge in [0.15, 0.2) is 0 Å². The summed E-state index contributed by atoms with van der Waals surface area (Å²) in [6, 6.07) is 9.01. The third kappa shape index (κ3) is 4.82. The molecule has 2 amide bonds. The lowest BCUT2D eigenvalue weighted by Gasteiger charge is -2.36. The number of amides is 2. The van der Waals surface area contributed by atoms with Crippen LogP contribution in [0.15, 0.2) is 30.3 Å². The van der Waals surface area contributed by atoms with Crippen LogP contribution in [0.4, 0.5) is 0 Å². The summed E-state index contributed by atoms with van der Waals surface area (Å²) < 4.78 is 0.